The number of hydrogen-bond donors (Lipinski definition) is 0. The smallest absolute Gasteiger partial charge is 0.225 e. The number of nitrogens with zero attached hydrogens (tertiary/aromatic N) is 2. The first-order valence-electron chi connectivity index (χ1n) is 7.36. The molecule has 0 N–H and O–H groups in total. The van der Waals surface area contributed by atoms with E-state index in [0.717, 1.165) is 32.5 Å². The summed E-state index contributed by atoms with van der Waals surface area (Å²) in [4.78, 5) is 27.9. The Labute approximate surface area is 117 Å². The van der Waals surface area contributed by atoms with Crippen molar-refractivity contribution < 1.29 is 9.59 Å². The first kappa shape index (κ1) is 16.0. The lowest BCUT2D eigenvalue weighted by Crippen LogP contribution is -2.45. The molecule has 1 saturated heterocycles. The van der Waals surface area contributed by atoms with Gasteiger partial charge in [-0.25, -0.2) is 0 Å². The van der Waals surface area contributed by atoms with Gasteiger partial charge in [-0.1, -0.05) is 27.7 Å². The predicted molar refractivity (Wildman–Crippen MR) is 76.6 cm³/mol. The van der Waals surface area contributed by atoms with Crippen LogP contribution in [0.4, 0.5) is 0 Å². The average molecular weight is 268 g/mol. The Balaban J connectivity index is 2.45. The lowest BCUT2D eigenvalue weighted by molar-refractivity contribution is -0.141. The van der Waals surface area contributed by atoms with Crippen molar-refractivity contribution in [3.8, 4) is 0 Å². The molecule has 0 atom stereocenters. The standard InChI is InChI=1S/C15H28N2O2/c1-11(2)10-16(5)15(19)13-6-8-17(9-7-13)14(18)12(3)4/h11-13H,6-10H2,1-5H3. The van der Waals surface area contributed by atoms with Crippen LogP contribution in [0.2, 0.25) is 0 Å². The molecule has 1 aliphatic rings. The maximum Gasteiger partial charge on any atom is 0.225 e. The molecule has 19 heavy (non-hydrogen) atoms. The van der Waals surface area contributed by atoms with Crippen molar-refractivity contribution in [1.29, 1.82) is 0 Å². The van der Waals surface area contributed by atoms with Crippen molar-refractivity contribution >= 4 is 11.8 Å². The highest BCUT2D eigenvalue weighted by Crippen LogP contribution is 2.21. The molecular weight excluding hydrogens is 240 g/mol. The van der Waals surface area contributed by atoms with Gasteiger partial charge in [-0.2, -0.15) is 0 Å². The minimum atomic E-state index is 0.0517. The Hall–Kier alpha value is -1.06. The maximum absolute atomic E-state index is 12.3. The Morgan fingerprint density at radius 2 is 1.68 bits per heavy atom. The van der Waals surface area contributed by atoms with Crippen LogP contribution in [-0.4, -0.2) is 48.3 Å². The Bertz CT molecular complexity index is 318. The zero-order chi connectivity index (χ0) is 14.6. The van der Waals surface area contributed by atoms with Gasteiger partial charge in [0.25, 0.3) is 0 Å². The van der Waals surface area contributed by atoms with Crippen LogP contribution in [-0.2, 0) is 9.59 Å². The zero-order valence-electron chi connectivity index (χ0n) is 13.0. The molecule has 0 unspecified atom stereocenters. The summed E-state index contributed by atoms with van der Waals surface area (Å²) in [5, 5.41) is 0. The highest BCUT2D eigenvalue weighted by atomic mass is 16.2. The normalized spacial score (nSPS) is 17.1. The Kier molecular flexibility index (Phi) is 5.83. The predicted octanol–water partition coefficient (Wildman–Crippen LogP) is 2.00. The second-order valence-corrected chi connectivity index (χ2v) is 6.37. The number of hydrogen-bond acceptors (Lipinski definition) is 2. The fourth-order valence-corrected chi connectivity index (χ4v) is 2.66. The number of amides is 2. The Morgan fingerprint density at radius 1 is 1.16 bits per heavy atom. The van der Waals surface area contributed by atoms with E-state index >= 15 is 0 Å². The van der Waals surface area contributed by atoms with Crippen LogP contribution in [0.15, 0.2) is 0 Å². The fraction of sp³-hybridized carbons (Fsp3) is 0.867. The summed E-state index contributed by atoms with van der Waals surface area (Å²) in [6.07, 6.45) is 1.61. The zero-order valence-corrected chi connectivity index (χ0v) is 13.0. The first-order chi connectivity index (χ1) is 8.82. The van der Waals surface area contributed by atoms with Gasteiger partial charge in [0.1, 0.15) is 0 Å². The highest BCUT2D eigenvalue weighted by Gasteiger charge is 2.29. The molecule has 2 amide bonds. The van der Waals surface area contributed by atoms with Gasteiger partial charge >= 0.3 is 0 Å². The highest BCUT2D eigenvalue weighted by molar-refractivity contribution is 5.80. The molecule has 0 radical (unpaired) electrons. The van der Waals surface area contributed by atoms with Crippen molar-refractivity contribution in [3.05, 3.63) is 0 Å². The van der Waals surface area contributed by atoms with E-state index < -0.39 is 0 Å². The number of carbonyl (C=O) groups excluding carboxylic acids is 2. The molecule has 4 heteroatoms. The first-order valence-corrected chi connectivity index (χ1v) is 7.36. The largest absolute Gasteiger partial charge is 0.345 e. The van der Waals surface area contributed by atoms with Gasteiger partial charge in [0, 0.05) is 38.5 Å². The molecule has 1 fully saturated rings. The molecule has 0 aromatic carbocycles. The molecule has 0 aromatic heterocycles. The maximum atomic E-state index is 12.3. The Morgan fingerprint density at radius 3 is 2.11 bits per heavy atom. The van der Waals surface area contributed by atoms with Crippen LogP contribution >= 0.6 is 0 Å². The van der Waals surface area contributed by atoms with Crippen LogP contribution in [0.3, 0.4) is 0 Å². The summed E-state index contributed by atoms with van der Waals surface area (Å²) in [6, 6.07) is 0. The molecule has 0 saturated carbocycles. The summed E-state index contributed by atoms with van der Waals surface area (Å²) in [6.45, 7) is 10.4. The van der Waals surface area contributed by atoms with Gasteiger partial charge in [-0.3, -0.25) is 9.59 Å². The molecule has 4 nitrogen and oxygen atoms in total. The summed E-state index contributed by atoms with van der Waals surface area (Å²) in [5.41, 5.74) is 0. The van der Waals surface area contributed by atoms with Gasteiger partial charge < -0.3 is 9.80 Å². The van der Waals surface area contributed by atoms with E-state index in [1.54, 1.807) is 0 Å². The minimum Gasteiger partial charge on any atom is -0.345 e. The second kappa shape index (κ2) is 6.92. The average Bonchev–Trinajstić information content (AvgIpc) is 2.36. The van der Waals surface area contributed by atoms with Gasteiger partial charge in [-0.15, -0.1) is 0 Å². The third-order valence-corrected chi connectivity index (χ3v) is 3.67. The van der Waals surface area contributed by atoms with Crippen LogP contribution in [0.25, 0.3) is 0 Å². The van der Waals surface area contributed by atoms with E-state index in [1.165, 1.54) is 0 Å². The fourth-order valence-electron chi connectivity index (χ4n) is 2.66. The van der Waals surface area contributed by atoms with Gasteiger partial charge in [0.05, 0.1) is 0 Å². The lowest BCUT2D eigenvalue weighted by atomic mass is 9.94. The topological polar surface area (TPSA) is 40.6 Å². The van der Waals surface area contributed by atoms with Gasteiger partial charge in [0.15, 0.2) is 0 Å². The van der Waals surface area contributed by atoms with Crippen molar-refractivity contribution in [1.82, 2.24) is 9.80 Å². The number of rotatable bonds is 4. The third kappa shape index (κ3) is 4.51. The molecule has 1 heterocycles. The molecule has 0 spiro atoms. The van der Waals surface area contributed by atoms with Crippen LogP contribution in [0.1, 0.15) is 40.5 Å². The van der Waals surface area contributed by atoms with Gasteiger partial charge in [0.2, 0.25) is 11.8 Å². The summed E-state index contributed by atoms with van der Waals surface area (Å²) in [7, 11) is 1.88. The van der Waals surface area contributed by atoms with Crippen molar-refractivity contribution in [2.24, 2.45) is 17.8 Å². The second-order valence-electron chi connectivity index (χ2n) is 6.37. The quantitative estimate of drug-likeness (QED) is 0.782. The monoisotopic (exact) mass is 268 g/mol. The molecule has 1 rings (SSSR count). The summed E-state index contributed by atoms with van der Waals surface area (Å²) >= 11 is 0. The number of likely N-dealkylation sites (tertiary alicyclic amines) is 1. The van der Waals surface area contributed by atoms with Crippen LogP contribution in [0.5, 0.6) is 0 Å². The van der Waals surface area contributed by atoms with E-state index in [2.05, 4.69) is 13.8 Å². The molecule has 0 aromatic rings. The molecule has 0 aliphatic carbocycles. The summed E-state index contributed by atoms with van der Waals surface area (Å²) < 4.78 is 0. The lowest BCUT2D eigenvalue weighted by Gasteiger charge is -2.34. The molecular formula is C15H28N2O2. The van der Waals surface area contributed by atoms with Crippen molar-refractivity contribution in [3.63, 3.8) is 0 Å². The van der Waals surface area contributed by atoms with Crippen molar-refractivity contribution in [2.45, 2.75) is 40.5 Å². The van der Waals surface area contributed by atoms with E-state index in [9.17, 15) is 9.59 Å². The van der Waals surface area contributed by atoms with E-state index in [-0.39, 0.29) is 23.7 Å². The number of piperidine rings is 1. The third-order valence-electron chi connectivity index (χ3n) is 3.67. The van der Waals surface area contributed by atoms with E-state index in [1.807, 2.05) is 30.7 Å². The van der Waals surface area contributed by atoms with E-state index in [4.69, 9.17) is 0 Å². The molecule has 0 bridgehead atoms. The number of carbonyl (C=O) groups is 2. The SMILES string of the molecule is CC(C)CN(C)C(=O)C1CCN(C(=O)C(C)C)CC1. The van der Waals surface area contributed by atoms with Crippen LogP contribution in [0, 0.1) is 17.8 Å². The minimum absolute atomic E-state index is 0.0517. The van der Waals surface area contributed by atoms with Gasteiger partial charge in [-0.05, 0) is 18.8 Å². The summed E-state index contributed by atoms with van der Waals surface area (Å²) in [5.74, 6) is 1.10. The molecule has 110 valence electrons. The van der Waals surface area contributed by atoms with Crippen molar-refractivity contribution in [2.75, 3.05) is 26.7 Å². The van der Waals surface area contributed by atoms with E-state index in [0.29, 0.717) is 5.92 Å². The molecule has 1 aliphatic heterocycles. The van der Waals surface area contributed by atoms with Crippen LogP contribution < -0.4 is 0 Å².